The highest BCUT2D eigenvalue weighted by molar-refractivity contribution is 5.53. The molecule has 1 aromatic rings. The highest BCUT2D eigenvalue weighted by Gasteiger charge is 2.13. The molecule has 0 amide bonds. The molecular weight excluding hydrogens is 188 g/mol. The van der Waals surface area contributed by atoms with Crippen LogP contribution in [0.15, 0.2) is 6.07 Å². The van der Waals surface area contributed by atoms with Gasteiger partial charge in [-0.15, -0.1) is 0 Å². The van der Waals surface area contributed by atoms with Crippen molar-refractivity contribution >= 4 is 0 Å². The van der Waals surface area contributed by atoms with Gasteiger partial charge in [0.05, 0.1) is 0 Å². The lowest BCUT2D eigenvalue weighted by Gasteiger charge is -2.13. The highest BCUT2D eigenvalue weighted by Crippen LogP contribution is 2.36. The van der Waals surface area contributed by atoms with E-state index in [-0.39, 0.29) is 11.5 Å². The number of phenolic OH excluding ortho intramolecular Hbond substituents is 2. The standard InChI is InChI=1S/C13H20O2/c1-4-6-10-8-9(3)12(14)13(15)11(10)7-5-2/h8,14-15H,4-7H2,1-3H3. The van der Waals surface area contributed by atoms with Gasteiger partial charge in [-0.2, -0.15) is 0 Å². The van der Waals surface area contributed by atoms with Crippen molar-refractivity contribution in [1.82, 2.24) is 0 Å². The third-order valence-corrected chi connectivity index (χ3v) is 2.68. The van der Waals surface area contributed by atoms with E-state index in [1.54, 1.807) is 0 Å². The zero-order chi connectivity index (χ0) is 11.4. The fraction of sp³-hybridized carbons (Fsp3) is 0.538. The molecule has 2 heteroatoms. The summed E-state index contributed by atoms with van der Waals surface area (Å²) in [6.45, 7) is 6.02. The molecule has 0 aliphatic carbocycles. The van der Waals surface area contributed by atoms with Gasteiger partial charge < -0.3 is 10.2 Å². The van der Waals surface area contributed by atoms with Gasteiger partial charge in [0.1, 0.15) is 0 Å². The molecule has 0 fully saturated rings. The van der Waals surface area contributed by atoms with Crippen LogP contribution >= 0.6 is 0 Å². The molecule has 2 nitrogen and oxygen atoms in total. The SMILES string of the molecule is CCCc1cc(C)c(O)c(O)c1CCC. The van der Waals surface area contributed by atoms with Gasteiger partial charge in [-0.3, -0.25) is 0 Å². The minimum atomic E-state index is 0.0401. The Morgan fingerprint density at radius 1 is 1.00 bits per heavy atom. The second-order valence-corrected chi connectivity index (χ2v) is 4.03. The molecule has 0 unspecified atom stereocenters. The summed E-state index contributed by atoms with van der Waals surface area (Å²) < 4.78 is 0. The molecule has 0 radical (unpaired) electrons. The first-order chi connectivity index (χ1) is 7.11. The Morgan fingerprint density at radius 2 is 1.60 bits per heavy atom. The van der Waals surface area contributed by atoms with E-state index < -0.39 is 0 Å². The highest BCUT2D eigenvalue weighted by atomic mass is 16.3. The second-order valence-electron chi connectivity index (χ2n) is 4.03. The summed E-state index contributed by atoms with van der Waals surface area (Å²) in [4.78, 5) is 0. The minimum Gasteiger partial charge on any atom is -0.504 e. The lowest BCUT2D eigenvalue weighted by Crippen LogP contribution is -1.96. The van der Waals surface area contributed by atoms with E-state index in [9.17, 15) is 10.2 Å². The summed E-state index contributed by atoms with van der Waals surface area (Å²) in [7, 11) is 0. The van der Waals surface area contributed by atoms with Gasteiger partial charge in [-0.05, 0) is 30.9 Å². The van der Waals surface area contributed by atoms with E-state index in [2.05, 4.69) is 13.8 Å². The number of hydrogen-bond donors (Lipinski definition) is 2. The maximum Gasteiger partial charge on any atom is 0.161 e. The van der Waals surface area contributed by atoms with Crippen molar-refractivity contribution in [3.8, 4) is 11.5 Å². The van der Waals surface area contributed by atoms with Crippen LogP contribution in [0.25, 0.3) is 0 Å². The summed E-state index contributed by atoms with van der Waals surface area (Å²) in [6.07, 6.45) is 3.83. The zero-order valence-corrected chi connectivity index (χ0v) is 9.80. The molecule has 0 atom stereocenters. The summed E-state index contributed by atoms with van der Waals surface area (Å²) in [5.74, 6) is 0.124. The van der Waals surface area contributed by atoms with E-state index in [0.29, 0.717) is 0 Å². The second kappa shape index (κ2) is 5.06. The van der Waals surface area contributed by atoms with Gasteiger partial charge in [-0.1, -0.05) is 32.8 Å². The first-order valence-electron chi connectivity index (χ1n) is 5.65. The first-order valence-corrected chi connectivity index (χ1v) is 5.65. The van der Waals surface area contributed by atoms with Crippen molar-refractivity contribution in [2.75, 3.05) is 0 Å². The van der Waals surface area contributed by atoms with E-state index in [1.807, 2.05) is 13.0 Å². The third-order valence-electron chi connectivity index (χ3n) is 2.68. The quantitative estimate of drug-likeness (QED) is 0.745. The molecule has 1 aromatic carbocycles. The number of rotatable bonds is 4. The Kier molecular flexibility index (Phi) is 4.01. The van der Waals surface area contributed by atoms with Crippen LogP contribution in [-0.2, 0) is 12.8 Å². The van der Waals surface area contributed by atoms with Crippen LogP contribution in [0.4, 0.5) is 0 Å². The van der Waals surface area contributed by atoms with Crippen LogP contribution in [0.2, 0.25) is 0 Å². The molecule has 84 valence electrons. The van der Waals surface area contributed by atoms with Gasteiger partial charge in [0.15, 0.2) is 11.5 Å². The van der Waals surface area contributed by atoms with Gasteiger partial charge in [0.25, 0.3) is 0 Å². The largest absolute Gasteiger partial charge is 0.504 e. The van der Waals surface area contributed by atoms with E-state index in [4.69, 9.17) is 0 Å². The Bertz CT molecular complexity index is 343. The van der Waals surface area contributed by atoms with E-state index >= 15 is 0 Å². The third kappa shape index (κ3) is 2.44. The summed E-state index contributed by atoms with van der Waals surface area (Å²) in [5.41, 5.74) is 2.85. The maximum atomic E-state index is 9.87. The van der Waals surface area contributed by atoms with Crippen molar-refractivity contribution in [3.63, 3.8) is 0 Å². The lowest BCUT2D eigenvalue weighted by atomic mass is 9.95. The smallest absolute Gasteiger partial charge is 0.161 e. The van der Waals surface area contributed by atoms with Crippen molar-refractivity contribution in [2.24, 2.45) is 0 Å². The predicted molar refractivity (Wildman–Crippen MR) is 62.5 cm³/mol. The molecular formula is C13H20O2. The first kappa shape index (κ1) is 11.9. The van der Waals surface area contributed by atoms with E-state index in [1.165, 1.54) is 5.56 Å². The average Bonchev–Trinajstić information content (AvgIpc) is 2.21. The Hall–Kier alpha value is -1.18. The van der Waals surface area contributed by atoms with Crippen LogP contribution in [0, 0.1) is 6.92 Å². The molecule has 0 aliphatic heterocycles. The summed E-state index contributed by atoms with van der Waals surface area (Å²) >= 11 is 0. The van der Waals surface area contributed by atoms with Crippen molar-refractivity contribution < 1.29 is 10.2 Å². The number of benzene rings is 1. The van der Waals surface area contributed by atoms with Crippen LogP contribution in [0.3, 0.4) is 0 Å². The number of hydrogen-bond acceptors (Lipinski definition) is 2. The average molecular weight is 208 g/mol. The lowest BCUT2D eigenvalue weighted by molar-refractivity contribution is 0.395. The Labute approximate surface area is 91.6 Å². The van der Waals surface area contributed by atoms with Gasteiger partial charge in [0.2, 0.25) is 0 Å². The molecule has 0 saturated heterocycles. The normalized spacial score (nSPS) is 10.6. The molecule has 2 N–H and O–H groups in total. The summed E-state index contributed by atoms with van der Waals surface area (Å²) in [5, 5.41) is 19.5. The predicted octanol–water partition coefficient (Wildman–Crippen LogP) is 3.31. The van der Waals surface area contributed by atoms with Crippen LogP contribution in [0.5, 0.6) is 11.5 Å². The monoisotopic (exact) mass is 208 g/mol. The van der Waals surface area contributed by atoms with Gasteiger partial charge in [-0.25, -0.2) is 0 Å². The van der Waals surface area contributed by atoms with Crippen molar-refractivity contribution in [1.29, 1.82) is 0 Å². The molecule has 0 aliphatic rings. The number of aryl methyl sites for hydroxylation is 2. The van der Waals surface area contributed by atoms with Gasteiger partial charge in [0, 0.05) is 5.56 Å². The minimum absolute atomic E-state index is 0.0401. The van der Waals surface area contributed by atoms with Crippen molar-refractivity contribution in [2.45, 2.75) is 46.5 Å². The van der Waals surface area contributed by atoms with Gasteiger partial charge >= 0.3 is 0 Å². The molecule has 15 heavy (non-hydrogen) atoms. The van der Waals surface area contributed by atoms with Crippen molar-refractivity contribution in [3.05, 3.63) is 22.8 Å². The molecule has 1 rings (SSSR count). The molecule has 0 heterocycles. The topological polar surface area (TPSA) is 40.5 Å². The van der Waals surface area contributed by atoms with Crippen LogP contribution < -0.4 is 0 Å². The molecule has 0 bridgehead atoms. The van der Waals surface area contributed by atoms with E-state index in [0.717, 1.165) is 36.8 Å². The fourth-order valence-electron chi connectivity index (χ4n) is 1.92. The van der Waals surface area contributed by atoms with Crippen LogP contribution in [0.1, 0.15) is 43.4 Å². The van der Waals surface area contributed by atoms with Crippen LogP contribution in [-0.4, -0.2) is 10.2 Å². The molecule has 0 aromatic heterocycles. The molecule has 0 spiro atoms. The maximum absolute atomic E-state index is 9.87. The fourth-order valence-corrected chi connectivity index (χ4v) is 1.92. The molecule has 0 saturated carbocycles. The number of aromatic hydroxyl groups is 2. The Balaban J connectivity index is 3.23. The number of phenols is 2. The summed E-state index contributed by atoms with van der Waals surface area (Å²) in [6, 6.07) is 1.99. The Morgan fingerprint density at radius 3 is 2.13 bits per heavy atom. The zero-order valence-electron chi connectivity index (χ0n) is 9.80.